The van der Waals surface area contributed by atoms with Crippen LogP contribution in [0.4, 0.5) is 5.82 Å². The lowest BCUT2D eigenvalue weighted by Crippen LogP contribution is -2.31. The van der Waals surface area contributed by atoms with Gasteiger partial charge in [-0.2, -0.15) is 0 Å². The van der Waals surface area contributed by atoms with Gasteiger partial charge < -0.3 is 14.8 Å². The van der Waals surface area contributed by atoms with Crippen LogP contribution in [0, 0.1) is 0 Å². The molecule has 0 bridgehead atoms. The lowest BCUT2D eigenvalue weighted by Gasteiger charge is -2.19. The van der Waals surface area contributed by atoms with Gasteiger partial charge in [0, 0.05) is 28.9 Å². The van der Waals surface area contributed by atoms with Gasteiger partial charge in [0.2, 0.25) is 10.0 Å². The zero-order valence-electron chi connectivity index (χ0n) is 20.3. The van der Waals surface area contributed by atoms with Crippen LogP contribution in [0.1, 0.15) is 37.8 Å². The number of hydrogen-bond donors (Lipinski definition) is 2. The molecule has 37 heavy (non-hydrogen) atoms. The largest absolute Gasteiger partial charge is 0.494 e. The van der Waals surface area contributed by atoms with Gasteiger partial charge in [0.25, 0.3) is 0 Å². The fourth-order valence-corrected chi connectivity index (χ4v) is 5.28. The number of carbonyl (C=O) groups is 1. The summed E-state index contributed by atoms with van der Waals surface area (Å²) in [5, 5.41) is 3.87. The summed E-state index contributed by atoms with van der Waals surface area (Å²) in [5.74, 6) is 0.685. The summed E-state index contributed by atoms with van der Waals surface area (Å²) in [6.07, 6.45) is 3.12. The second kappa shape index (κ2) is 14.2. The highest BCUT2D eigenvalue weighted by Crippen LogP contribution is 2.28. The highest BCUT2D eigenvalue weighted by Gasteiger charge is 2.25. The van der Waals surface area contributed by atoms with Crippen molar-refractivity contribution >= 4 is 45.0 Å². The third-order valence-corrected chi connectivity index (χ3v) is 7.09. The first-order valence-corrected chi connectivity index (χ1v) is 14.0. The van der Waals surface area contributed by atoms with E-state index in [1.54, 1.807) is 37.4 Å². The minimum atomic E-state index is -4.03. The summed E-state index contributed by atoms with van der Waals surface area (Å²) in [7, 11) is -4.03. The quantitative estimate of drug-likeness (QED) is 0.192. The number of benzene rings is 2. The number of nitrogens with one attached hydrogen (secondary N) is 2. The van der Waals surface area contributed by atoms with Crippen molar-refractivity contribution in [3.63, 3.8) is 0 Å². The highest BCUT2D eigenvalue weighted by molar-refractivity contribution is 7.89. The molecule has 1 aromatic heterocycles. The molecular formula is C26H29Cl2N3O5S. The normalized spacial score (nSPS) is 12.1. The summed E-state index contributed by atoms with van der Waals surface area (Å²) in [4.78, 5) is 16.4. The second-order valence-corrected chi connectivity index (χ2v) is 10.6. The molecule has 3 rings (SSSR count). The zero-order chi connectivity index (χ0) is 26.7. The third kappa shape index (κ3) is 9.51. The van der Waals surface area contributed by atoms with Gasteiger partial charge in [0.15, 0.2) is 0 Å². The molecule has 2 N–H and O–H groups in total. The Kier molecular flexibility index (Phi) is 11.0. The Bertz CT molecular complexity index is 1260. The summed E-state index contributed by atoms with van der Waals surface area (Å²) >= 11 is 12.2. The van der Waals surface area contributed by atoms with E-state index in [1.165, 1.54) is 18.2 Å². The van der Waals surface area contributed by atoms with Crippen molar-refractivity contribution in [3.05, 3.63) is 82.5 Å². The van der Waals surface area contributed by atoms with E-state index in [1.807, 2.05) is 18.2 Å². The monoisotopic (exact) mass is 565 g/mol. The van der Waals surface area contributed by atoms with Crippen molar-refractivity contribution in [2.75, 3.05) is 25.1 Å². The van der Waals surface area contributed by atoms with Crippen LogP contribution in [-0.4, -0.2) is 39.1 Å². The number of unbranched alkanes of at least 4 members (excludes halogenated alkanes) is 1. The molecule has 2 aromatic carbocycles. The topological polar surface area (TPSA) is 107 Å². The predicted octanol–water partition coefficient (Wildman–Crippen LogP) is 5.63. The van der Waals surface area contributed by atoms with Crippen LogP contribution < -0.4 is 14.8 Å². The van der Waals surface area contributed by atoms with E-state index in [9.17, 15) is 13.2 Å². The number of hydrogen-bond acceptors (Lipinski definition) is 7. The van der Waals surface area contributed by atoms with Crippen molar-refractivity contribution < 1.29 is 22.7 Å². The Labute approximate surface area is 227 Å². The first-order chi connectivity index (χ1) is 17.8. The van der Waals surface area contributed by atoms with Gasteiger partial charge in [-0.05, 0) is 67.8 Å². The third-order valence-electron chi connectivity index (χ3n) is 5.19. The number of anilines is 1. The number of ether oxygens (including phenoxy) is 2. The first-order valence-electron chi connectivity index (χ1n) is 11.8. The van der Waals surface area contributed by atoms with Crippen LogP contribution in [0.15, 0.2) is 71.8 Å². The van der Waals surface area contributed by atoms with E-state index in [2.05, 4.69) is 15.0 Å². The van der Waals surface area contributed by atoms with Gasteiger partial charge >= 0.3 is 5.97 Å². The molecule has 11 heteroatoms. The SMILES string of the molecule is CCOC(=O)CC(NS(=O)(=O)c1cccc(OCCCCNc2ccccn2)c1)c1cc(Cl)cc(Cl)c1. The maximum absolute atomic E-state index is 13.2. The minimum absolute atomic E-state index is 0.00352. The lowest BCUT2D eigenvalue weighted by molar-refractivity contribution is -0.143. The van der Waals surface area contributed by atoms with Gasteiger partial charge in [-0.1, -0.05) is 35.3 Å². The van der Waals surface area contributed by atoms with Crippen molar-refractivity contribution in [1.82, 2.24) is 9.71 Å². The molecule has 0 saturated carbocycles. The van der Waals surface area contributed by atoms with Crippen molar-refractivity contribution in [1.29, 1.82) is 0 Å². The number of carbonyl (C=O) groups excluding carboxylic acids is 1. The lowest BCUT2D eigenvalue weighted by atomic mass is 10.1. The molecule has 0 saturated heterocycles. The molecule has 0 aliphatic rings. The molecule has 8 nitrogen and oxygen atoms in total. The van der Waals surface area contributed by atoms with Crippen LogP contribution in [0.2, 0.25) is 10.0 Å². The number of esters is 1. The number of halogens is 2. The zero-order valence-corrected chi connectivity index (χ0v) is 22.7. The van der Waals surface area contributed by atoms with Crippen LogP contribution in [0.5, 0.6) is 5.75 Å². The van der Waals surface area contributed by atoms with E-state index in [0.717, 1.165) is 25.2 Å². The molecule has 0 fully saturated rings. The van der Waals surface area contributed by atoms with Gasteiger partial charge in [-0.3, -0.25) is 4.79 Å². The Hall–Kier alpha value is -2.85. The van der Waals surface area contributed by atoms with Crippen molar-refractivity contribution in [2.45, 2.75) is 37.1 Å². The Morgan fingerprint density at radius 2 is 1.81 bits per heavy atom. The van der Waals surface area contributed by atoms with Gasteiger partial charge in [-0.15, -0.1) is 0 Å². The standard InChI is InChI=1S/C26H29Cl2N3O5S/c1-2-35-26(32)18-24(19-14-20(27)16-21(28)15-19)31-37(33,34)23-9-7-8-22(17-23)36-13-6-5-12-30-25-10-3-4-11-29-25/h3-4,7-11,14-17,24,31H,2,5-6,12-13,18H2,1H3,(H,29,30). The molecule has 0 amide bonds. The van der Waals surface area contributed by atoms with Gasteiger partial charge in [0.05, 0.1) is 30.6 Å². The molecule has 0 spiro atoms. The number of nitrogens with zero attached hydrogens (tertiary/aromatic N) is 1. The average Bonchev–Trinajstić information content (AvgIpc) is 2.86. The molecule has 198 valence electrons. The van der Waals surface area contributed by atoms with E-state index in [0.29, 0.717) is 28.0 Å². The number of sulfonamides is 1. The molecule has 0 aliphatic carbocycles. The molecule has 0 aliphatic heterocycles. The molecule has 0 radical (unpaired) electrons. The van der Waals surface area contributed by atoms with E-state index >= 15 is 0 Å². The van der Waals surface area contributed by atoms with Gasteiger partial charge in [0.1, 0.15) is 11.6 Å². The number of rotatable bonds is 14. The Morgan fingerprint density at radius 3 is 2.51 bits per heavy atom. The molecular weight excluding hydrogens is 537 g/mol. The smallest absolute Gasteiger partial charge is 0.307 e. The summed E-state index contributed by atoms with van der Waals surface area (Å²) in [6, 6.07) is 15.6. The van der Waals surface area contributed by atoms with E-state index in [-0.39, 0.29) is 17.9 Å². The van der Waals surface area contributed by atoms with E-state index < -0.39 is 22.0 Å². The van der Waals surface area contributed by atoms with Gasteiger partial charge in [-0.25, -0.2) is 18.1 Å². The molecule has 1 heterocycles. The van der Waals surface area contributed by atoms with Crippen LogP contribution in [0.3, 0.4) is 0 Å². The van der Waals surface area contributed by atoms with E-state index in [4.69, 9.17) is 32.7 Å². The maximum atomic E-state index is 13.2. The minimum Gasteiger partial charge on any atom is -0.494 e. The summed E-state index contributed by atoms with van der Waals surface area (Å²) in [6.45, 7) is 3.02. The maximum Gasteiger partial charge on any atom is 0.307 e. The number of pyridine rings is 1. The predicted molar refractivity (Wildman–Crippen MR) is 145 cm³/mol. The molecule has 3 aromatic rings. The van der Waals surface area contributed by atoms with Crippen LogP contribution in [0.25, 0.3) is 0 Å². The average molecular weight is 567 g/mol. The van der Waals surface area contributed by atoms with Crippen molar-refractivity contribution in [3.8, 4) is 5.75 Å². The summed E-state index contributed by atoms with van der Waals surface area (Å²) < 4.78 is 39.8. The fourth-order valence-electron chi connectivity index (χ4n) is 3.48. The molecule has 1 unspecified atom stereocenters. The fraction of sp³-hybridized carbons (Fsp3) is 0.308. The molecule has 1 atom stereocenters. The number of aromatic nitrogens is 1. The second-order valence-electron chi connectivity index (χ2n) is 8.06. The Balaban J connectivity index is 1.62. The van der Waals surface area contributed by atoms with Crippen LogP contribution in [-0.2, 0) is 19.6 Å². The summed E-state index contributed by atoms with van der Waals surface area (Å²) in [5.41, 5.74) is 0.445. The van der Waals surface area contributed by atoms with Crippen LogP contribution >= 0.6 is 23.2 Å². The highest BCUT2D eigenvalue weighted by atomic mass is 35.5. The first kappa shape index (κ1) is 28.7. The Morgan fingerprint density at radius 1 is 1.03 bits per heavy atom. The van der Waals surface area contributed by atoms with Crippen molar-refractivity contribution in [2.24, 2.45) is 0 Å².